The molecule has 2 aromatic rings. The molecule has 3 heteroatoms. The Hall–Kier alpha value is -1.35. The van der Waals surface area contributed by atoms with Crippen LogP contribution in [0.4, 0.5) is 5.69 Å². The number of anilines is 1. The number of hydrogen-bond donors (Lipinski definition) is 1. The minimum atomic E-state index is 0.703. The van der Waals surface area contributed by atoms with E-state index in [2.05, 4.69) is 18.3 Å². The van der Waals surface area contributed by atoms with Crippen molar-refractivity contribution in [2.45, 2.75) is 27.2 Å². The summed E-state index contributed by atoms with van der Waals surface area (Å²) >= 11 is 1.81. The van der Waals surface area contributed by atoms with Crippen molar-refractivity contribution in [1.29, 1.82) is 0 Å². The third-order valence-corrected chi connectivity index (χ3v) is 3.40. The summed E-state index contributed by atoms with van der Waals surface area (Å²) in [4.78, 5) is 11.6. The van der Waals surface area contributed by atoms with Crippen molar-refractivity contribution in [3.05, 3.63) is 29.1 Å². The molecule has 0 saturated heterocycles. The second kappa shape index (κ2) is 6.28. The lowest BCUT2D eigenvalue weighted by atomic mass is 10.2. The molecule has 0 bridgehead atoms. The summed E-state index contributed by atoms with van der Waals surface area (Å²) in [5.74, 6) is 0. The van der Waals surface area contributed by atoms with Gasteiger partial charge in [0, 0.05) is 15.3 Å². The van der Waals surface area contributed by atoms with Crippen LogP contribution in [0.2, 0.25) is 0 Å². The Morgan fingerprint density at radius 1 is 1.31 bits per heavy atom. The van der Waals surface area contributed by atoms with Crippen LogP contribution in [0, 0.1) is 0 Å². The van der Waals surface area contributed by atoms with Crippen molar-refractivity contribution >= 4 is 33.5 Å². The van der Waals surface area contributed by atoms with Gasteiger partial charge in [0.2, 0.25) is 6.41 Å². The van der Waals surface area contributed by atoms with Gasteiger partial charge in [-0.2, -0.15) is 0 Å². The molecule has 1 aromatic carbocycles. The molecule has 1 heterocycles. The van der Waals surface area contributed by atoms with E-state index in [0.717, 1.165) is 12.1 Å². The maximum Gasteiger partial charge on any atom is 0.211 e. The first kappa shape index (κ1) is 12.7. The van der Waals surface area contributed by atoms with E-state index in [1.807, 2.05) is 43.4 Å². The molecule has 2 nitrogen and oxygen atoms in total. The number of carbonyl (C=O) groups excluding carboxylic acids is 1. The first-order valence-corrected chi connectivity index (χ1v) is 6.38. The van der Waals surface area contributed by atoms with E-state index < -0.39 is 0 Å². The van der Waals surface area contributed by atoms with Crippen LogP contribution in [0.5, 0.6) is 0 Å². The molecular formula is C13H17NOS. The van der Waals surface area contributed by atoms with Crippen LogP contribution in [0.25, 0.3) is 10.1 Å². The Morgan fingerprint density at radius 2 is 2.06 bits per heavy atom. The zero-order valence-corrected chi connectivity index (χ0v) is 10.7. The lowest BCUT2D eigenvalue weighted by Gasteiger charge is -1.96. The summed E-state index contributed by atoms with van der Waals surface area (Å²) < 4.78 is 1.28. The molecule has 1 N–H and O–H groups in total. The third-order valence-electron chi connectivity index (χ3n) is 2.14. The fraction of sp³-hybridized carbons (Fsp3) is 0.308. The van der Waals surface area contributed by atoms with Crippen molar-refractivity contribution in [1.82, 2.24) is 0 Å². The second-order valence-corrected chi connectivity index (χ2v) is 4.25. The van der Waals surface area contributed by atoms with E-state index in [1.54, 1.807) is 0 Å². The van der Waals surface area contributed by atoms with E-state index in [9.17, 15) is 4.79 Å². The molecule has 0 fully saturated rings. The molecule has 2 rings (SSSR count). The standard InChI is InChI=1S/C11H11NOS.C2H6/c1-2-10-6-8-5-9(12-7-13)3-4-11(8)14-10;1-2/h3-7H,2H2,1H3,(H,12,13);1-2H3. The smallest absolute Gasteiger partial charge is 0.211 e. The van der Waals surface area contributed by atoms with Gasteiger partial charge in [-0.05, 0) is 36.1 Å². The van der Waals surface area contributed by atoms with E-state index in [4.69, 9.17) is 0 Å². The Morgan fingerprint density at radius 3 is 2.69 bits per heavy atom. The van der Waals surface area contributed by atoms with Crippen LogP contribution in [-0.2, 0) is 11.2 Å². The highest BCUT2D eigenvalue weighted by Crippen LogP contribution is 2.28. The zero-order valence-electron chi connectivity index (χ0n) is 9.91. The summed E-state index contributed by atoms with van der Waals surface area (Å²) in [7, 11) is 0. The largest absolute Gasteiger partial charge is 0.329 e. The molecule has 1 amide bonds. The minimum absolute atomic E-state index is 0.703. The fourth-order valence-corrected chi connectivity index (χ4v) is 2.41. The molecule has 0 unspecified atom stereocenters. The van der Waals surface area contributed by atoms with E-state index in [0.29, 0.717) is 6.41 Å². The van der Waals surface area contributed by atoms with Crippen LogP contribution in [0.1, 0.15) is 25.6 Å². The molecule has 0 aliphatic heterocycles. The number of hydrogen-bond acceptors (Lipinski definition) is 2. The molecule has 86 valence electrons. The van der Waals surface area contributed by atoms with Crippen LogP contribution >= 0.6 is 11.3 Å². The number of thiophene rings is 1. The lowest BCUT2D eigenvalue weighted by Crippen LogP contribution is -1.91. The first-order chi connectivity index (χ1) is 7.83. The van der Waals surface area contributed by atoms with Crippen molar-refractivity contribution in [2.75, 3.05) is 5.32 Å². The monoisotopic (exact) mass is 235 g/mol. The minimum Gasteiger partial charge on any atom is -0.329 e. The summed E-state index contributed by atoms with van der Waals surface area (Å²) in [6.07, 6.45) is 1.77. The first-order valence-electron chi connectivity index (χ1n) is 5.56. The van der Waals surface area contributed by atoms with Crippen LogP contribution in [0.15, 0.2) is 24.3 Å². The highest BCUT2D eigenvalue weighted by atomic mass is 32.1. The quantitative estimate of drug-likeness (QED) is 0.799. The number of benzene rings is 1. The normalized spacial score (nSPS) is 9.44. The topological polar surface area (TPSA) is 29.1 Å². The Balaban J connectivity index is 0.000000606. The van der Waals surface area contributed by atoms with Gasteiger partial charge in [-0.1, -0.05) is 20.8 Å². The zero-order chi connectivity index (χ0) is 12.0. The average molecular weight is 235 g/mol. The molecular weight excluding hydrogens is 218 g/mol. The number of fused-ring (bicyclic) bond motifs is 1. The van der Waals surface area contributed by atoms with Gasteiger partial charge < -0.3 is 5.32 Å². The van der Waals surface area contributed by atoms with Gasteiger partial charge in [-0.15, -0.1) is 11.3 Å². The summed E-state index contributed by atoms with van der Waals surface area (Å²) in [5.41, 5.74) is 0.855. The maximum absolute atomic E-state index is 10.3. The van der Waals surface area contributed by atoms with E-state index in [1.165, 1.54) is 15.0 Å². The predicted molar refractivity (Wildman–Crippen MR) is 72.2 cm³/mol. The highest BCUT2D eigenvalue weighted by molar-refractivity contribution is 7.19. The summed E-state index contributed by atoms with van der Waals surface area (Å²) in [5, 5.41) is 3.86. The highest BCUT2D eigenvalue weighted by Gasteiger charge is 2.00. The summed E-state index contributed by atoms with van der Waals surface area (Å²) in [6.45, 7) is 6.15. The predicted octanol–water partition coefficient (Wildman–Crippen LogP) is 4.06. The Labute approximate surface area is 100 Å². The number of amides is 1. The molecule has 0 aliphatic carbocycles. The van der Waals surface area contributed by atoms with Crippen molar-refractivity contribution in [3.8, 4) is 0 Å². The van der Waals surface area contributed by atoms with Gasteiger partial charge in [0.1, 0.15) is 0 Å². The van der Waals surface area contributed by atoms with Crippen LogP contribution in [-0.4, -0.2) is 6.41 Å². The Bertz CT molecular complexity index is 462. The number of rotatable bonds is 3. The van der Waals surface area contributed by atoms with Gasteiger partial charge in [0.25, 0.3) is 0 Å². The second-order valence-electron chi connectivity index (χ2n) is 3.08. The summed E-state index contributed by atoms with van der Waals surface area (Å²) in [6, 6.07) is 8.15. The molecule has 0 spiro atoms. The van der Waals surface area contributed by atoms with Gasteiger partial charge in [-0.3, -0.25) is 4.79 Å². The number of nitrogens with one attached hydrogen (secondary N) is 1. The molecule has 0 atom stereocenters. The van der Waals surface area contributed by atoms with Gasteiger partial charge in [0.15, 0.2) is 0 Å². The molecule has 0 saturated carbocycles. The Kier molecular flexibility index (Phi) is 4.99. The molecule has 1 aromatic heterocycles. The van der Waals surface area contributed by atoms with E-state index in [-0.39, 0.29) is 0 Å². The maximum atomic E-state index is 10.3. The van der Waals surface area contributed by atoms with E-state index >= 15 is 0 Å². The van der Waals surface area contributed by atoms with Gasteiger partial charge in [-0.25, -0.2) is 0 Å². The molecule has 0 aliphatic rings. The van der Waals surface area contributed by atoms with Crippen LogP contribution < -0.4 is 5.32 Å². The van der Waals surface area contributed by atoms with Gasteiger partial charge >= 0.3 is 0 Å². The SMILES string of the molecule is CC.CCc1cc2cc(NC=O)ccc2s1. The van der Waals surface area contributed by atoms with Crippen LogP contribution in [0.3, 0.4) is 0 Å². The van der Waals surface area contributed by atoms with Crippen molar-refractivity contribution in [3.63, 3.8) is 0 Å². The van der Waals surface area contributed by atoms with Gasteiger partial charge in [0.05, 0.1) is 0 Å². The number of aryl methyl sites for hydroxylation is 1. The molecule has 0 radical (unpaired) electrons. The number of carbonyl (C=O) groups is 1. The van der Waals surface area contributed by atoms with Crippen molar-refractivity contribution in [2.24, 2.45) is 0 Å². The van der Waals surface area contributed by atoms with Crippen molar-refractivity contribution < 1.29 is 4.79 Å². The lowest BCUT2D eigenvalue weighted by molar-refractivity contribution is -0.105. The molecule has 16 heavy (non-hydrogen) atoms. The third kappa shape index (κ3) is 2.83. The average Bonchev–Trinajstić information content (AvgIpc) is 2.74. The fourth-order valence-electron chi connectivity index (χ4n) is 1.43.